The minimum Gasteiger partial charge on any atom is -0.407 e. The van der Waals surface area contributed by atoms with Crippen molar-refractivity contribution in [3.05, 3.63) is 5.89 Å². The first kappa shape index (κ1) is 10.4. The van der Waals surface area contributed by atoms with E-state index >= 15 is 0 Å². The van der Waals surface area contributed by atoms with Gasteiger partial charge in [0.2, 0.25) is 5.89 Å². The van der Waals surface area contributed by atoms with Gasteiger partial charge in [0.1, 0.15) is 0 Å². The second-order valence-corrected chi connectivity index (χ2v) is 4.07. The molecule has 3 N–H and O–H groups in total. The van der Waals surface area contributed by atoms with Gasteiger partial charge in [-0.3, -0.25) is 0 Å². The van der Waals surface area contributed by atoms with E-state index in [1.54, 1.807) is 0 Å². The first-order valence-electron chi connectivity index (χ1n) is 5.65. The maximum Gasteiger partial charge on any atom is 0.315 e. The monoisotopic (exact) mass is 210 g/mol. The number of aromatic nitrogens is 2. The lowest BCUT2D eigenvalue weighted by Gasteiger charge is -2.07. The highest BCUT2D eigenvalue weighted by atomic mass is 16.4. The predicted molar refractivity (Wildman–Crippen MR) is 57.3 cm³/mol. The van der Waals surface area contributed by atoms with E-state index in [9.17, 15) is 0 Å². The first-order chi connectivity index (χ1) is 7.38. The Kier molecular flexibility index (Phi) is 3.55. The van der Waals surface area contributed by atoms with Gasteiger partial charge in [0.25, 0.3) is 0 Å². The van der Waals surface area contributed by atoms with Gasteiger partial charge in [-0.25, -0.2) is 0 Å². The molecule has 15 heavy (non-hydrogen) atoms. The Morgan fingerprint density at radius 1 is 1.33 bits per heavy atom. The normalized spacial score (nSPS) is 17.1. The Labute approximate surface area is 89.4 Å². The molecule has 5 nitrogen and oxygen atoms in total. The summed E-state index contributed by atoms with van der Waals surface area (Å²) < 4.78 is 5.24. The van der Waals surface area contributed by atoms with Crippen molar-refractivity contribution in [1.29, 1.82) is 0 Å². The van der Waals surface area contributed by atoms with E-state index in [0.29, 0.717) is 18.5 Å². The molecule has 0 amide bonds. The van der Waals surface area contributed by atoms with Crippen LogP contribution in [0, 0.1) is 5.92 Å². The lowest BCUT2D eigenvalue weighted by Crippen LogP contribution is -2.06. The third kappa shape index (κ3) is 2.92. The van der Waals surface area contributed by atoms with Gasteiger partial charge in [-0.1, -0.05) is 30.8 Å². The van der Waals surface area contributed by atoms with Crippen LogP contribution in [0.4, 0.5) is 6.01 Å². The van der Waals surface area contributed by atoms with Gasteiger partial charge in [0, 0.05) is 6.54 Å². The van der Waals surface area contributed by atoms with Crippen LogP contribution in [0.2, 0.25) is 0 Å². The SMILES string of the molecule is NCc1nnc(NCCC2CCCC2)o1. The fourth-order valence-corrected chi connectivity index (χ4v) is 2.09. The fourth-order valence-electron chi connectivity index (χ4n) is 2.09. The highest BCUT2D eigenvalue weighted by Crippen LogP contribution is 2.27. The average Bonchev–Trinajstić information content (AvgIpc) is 2.88. The van der Waals surface area contributed by atoms with E-state index in [1.165, 1.54) is 32.1 Å². The molecule has 0 spiro atoms. The Hall–Kier alpha value is -1.10. The highest BCUT2D eigenvalue weighted by molar-refractivity contribution is 5.16. The molecule has 1 fully saturated rings. The van der Waals surface area contributed by atoms with E-state index in [-0.39, 0.29) is 0 Å². The minimum atomic E-state index is 0.303. The van der Waals surface area contributed by atoms with Gasteiger partial charge >= 0.3 is 6.01 Å². The van der Waals surface area contributed by atoms with Crippen LogP contribution in [0.1, 0.15) is 38.0 Å². The molecule has 0 radical (unpaired) electrons. The summed E-state index contributed by atoms with van der Waals surface area (Å²) in [6.07, 6.45) is 6.73. The summed E-state index contributed by atoms with van der Waals surface area (Å²) in [5.41, 5.74) is 5.37. The molecule has 2 rings (SSSR count). The van der Waals surface area contributed by atoms with Gasteiger partial charge in [0.05, 0.1) is 6.54 Å². The van der Waals surface area contributed by atoms with Crippen LogP contribution in [0.15, 0.2) is 4.42 Å². The topological polar surface area (TPSA) is 77.0 Å². The van der Waals surface area contributed by atoms with Crippen LogP contribution in [-0.4, -0.2) is 16.7 Å². The molecular formula is C10H18N4O. The van der Waals surface area contributed by atoms with Crippen molar-refractivity contribution in [3.8, 4) is 0 Å². The maximum atomic E-state index is 5.37. The average molecular weight is 210 g/mol. The van der Waals surface area contributed by atoms with Crippen LogP contribution in [0.25, 0.3) is 0 Å². The molecule has 1 aliphatic carbocycles. The standard InChI is InChI=1S/C10H18N4O/c11-7-9-13-14-10(15-9)12-6-5-8-3-1-2-4-8/h8H,1-7,11H2,(H,12,14). The molecule has 1 heterocycles. The number of rotatable bonds is 5. The van der Waals surface area contributed by atoms with Crippen molar-refractivity contribution in [2.45, 2.75) is 38.6 Å². The quantitative estimate of drug-likeness (QED) is 0.770. The summed E-state index contributed by atoms with van der Waals surface area (Å²) in [6, 6.07) is 0.494. The summed E-state index contributed by atoms with van der Waals surface area (Å²) in [7, 11) is 0. The number of hydrogen-bond acceptors (Lipinski definition) is 5. The van der Waals surface area contributed by atoms with Crippen LogP contribution < -0.4 is 11.1 Å². The number of anilines is 1. The Balaban J connectivity index is 1.68. The van der Waals surface area contributed by atoms with Crippen LogP contribution in [0.3, 0.4) is 0 Å². The molecule has 5 heteroatoms. The maximum absolute atomic E-state index is 5.37. The fraction of sp³-hybridized carbons (Fsp3) is 0.800. The van der Waals surface area contributed by atoms with E-state index < -0.39 is 0 Å². The van der Waals surface area contributed by atoms with Gasteiger partial charge in [0.15, 0.2) is 0 Å². The first-order valence-corrected chi connectivity index (χ1v) is 5.65. The van der Waals surface area contributed by atoms with Crippen LogP contribution >= 0.6 is 0 Å². The van der Waals surface area contributed by atoms with Crippen molar-refractivity contribution in [3.63, 3.8) is 0 Å². The van der Waals surface area contributed by atoms with Crippen molar-refractivity contribution in [2.24, 2.45) is 11.7 Å². The lowest BCUT2D eigenvalue weighted by atomic mass is 10.0. The smallest absolute Gasteiger partial charge is 0.315 e. The summed E-state index contributed by atoms with van der Waals surface area (Å²) in [5, 5.41) is 10.8. The van der Waals surface area contributed by atoms with Crippen molar-refractivity contribution < 1.29 is 4.42 Å². The molecule has 1 aromatic rings. The number of nitrogens with two attached hydrogens (primary N) is 1. The van der Waals surface area contributed by atoms with Crippen molar-refractivity contribution in [2.75, 3.05) is 11.9 Å². The van der Waals surface area contributed by atoms with E-state index in [4.69, 9.17) is 10.2 Å². The van der Waals surface area contributed by atoms with E-state index in [0.717, 1.165) is 12.5 Å². The summed E-state index contributed by atoms with van der Waals surface area (Å²) in [6.45, 7) is 1.22. The predicted octanol–water partition coefficient (Wildman–Crippen LogP) is 1.52. The number of nitrogens with zero attached hydrogens (tertiary/aromatic N) is 2. The second kappa shape index (κ2) is 5.11. The highest BCUT2D eigenvalue weighted by Gasteiger charge is 2.14. The number of nitrogens with one attached hydrogen (secondary N) is 1. The second-order valence-electron chi connectivity index (χ2n) is 4.07. The zero-order valence-electron chi connectivity index (χ0n) is 8.91. The molecule has 1 saturated carbocycles. The lowest BCUT2D eigenvalue weighted by molar-refractivity contribution is 0.491. The van der Waals surface area contributed by atoms with Gasteiger partial charge in [-0.15, -0.1) is 5.10 Å². The molecule has 0 bridgehead atoms. The molecular weight excluding hydrogens is 192 g/mol. The summed E-state index contributed by atoms with van der Waals surface area (Å²) >= 11 is 0. The third-order valence-corrected chi connectivity index (χ3v) is 2.95. The zero-order chi connectivity index (χ0) is 10.5. The Morgan fingerprint density at radius 2 is 2.13 bits per heavy atom. The molecule has 0 unspecified atom stereocenters. The van der Waals surface area contributed by atoms with Gasteiger partial charge < -0.3 is 15.5 Å². The largest absolute Gasteiger partial charge is 0.407 e. The van der Waals surface area contributed by atoms with Crippen molar-refractivity contribution in [1.82, 2.24) is 10.2 Å². The molecule has 0 aromatic carbocycles. The molecule has 0 saturated heterocycles. The Morgan fingerprint density at radius 3 is 2.80 bits per heavy atom. The van der Waals surface area contributed by atoms with Crippen molar-refractivity contribution >= 4 is 6.01 Å². The molecule has 1 aliphatic rings. The summed E-state index contributed by atoms with van der Waals surface area (Å²) in [5.74, 6) is 1.37. The Bertz CT molecular complexity index is 293. The molecule has 84 valence electrons. The van der Waals surface area contributed by atoms with E-state index in [2.05, 4.69) is 15.5 Å². The van der Waals surface area contributed by atoms with Crippen LogP contribution in [-0.2, 0) is 6.54 Å². The van der Waals surface area contributed by atoms with Crippen LogP contribution in [0.5, 0.6) is 0 Å². The van der Waals surface area contributed by atoms with Gasteiger partial charge in [-0.2, -0.15) is 0 Å². The summed E-state index contributed by atoms with van der Waals surface area (Å²) in [4.78, 5) is 0. The number of hydrogen-bond donors (Lipinski definition) is 2. The molecule has 0 atom stereocenters. The van der Waals surface area contributed by atoms with Gasteiger partial charge in [-0.05, 0) is 12.3 Å². The van der Waals surface area contributed by atoms with E-state index in [1.807, 2.05) is 0 Å². The third-order valence-electron chi connectivity index (χ3n) is 2.95. The molecule has 0 aliphatic heterocycles. The zero-order valence-corrected chi connectivity index (χ0v) is 8.91. The minimum absolute atomic E-state index is 0.303. The molecule has 1 aromatic heterocycles.